The van der Waals surface area contributed by atoms with Crippen LogP contribution in [-0.2, 0) is 0 Å². The Hall–Kier alpha value is -7.66. The van der Waals surface area contributed by atoms with Gasteiger partial charge in [0.1, 0.15) is 0 Å². The minimum Gasteiger partial charge on any atom is -1.00 e. The van der Waals surface area contributed by atoms with Crippen LogP contribution >= 0.6 is 50.7 Å². The molecule has 0 saturated carbocycles. The molecule has 2 aromatic heterocycles. The zero-order chi connectivity index (χ0) is 52.1. The molecule has 12 aromatic rings. The summed E-state index contributed by atoms with van der Waals surface area (Å²) in [7, 11) is 0. The summed E-state index contributed by atoms with van der Waals surface area (Å²) >= 11 is 21.5. The van der Waals surface area contributed by atoms with E-state index in [0.717, 1.165) is 54.5 Å². The summed E-state index contributed by atoms with van der Waals surface area (Å²) in [5.41, 5.74) is 16.6. The average Bonchev–Trinajstić information content (AvgIpc) is 3.50. The third kappa shape index (κ3) is 14.9. The van der Waals surface area contributed by atoms with E-state index >= 15 is 0 Å². The van der Waals surface area contributed by atoms with E-state index in [9.17, 15) is 0 Å². The van der Waals surface area contributed by atoms with Gasteiger partial charge in [-0.05, 0) is 144 Å². The number of hydrogen-bond acceptors (Lipinski definition) is 6. The SMILES string of the molecule is Brc1cccc(-c2cccc(-c3ccccc3)c2)c1.C.Clc1nc(-c2cccc(-c3ccccc3)c2)nc(-c2cccc(-c3cccc(-c4ccccc4)c3)c2)n1.Clc1nc(Cl)nc(-c2cccc(-c3ccccc3)c2)n1.[H-].[H-].[Mg+2]. The number of rotatable bonds is 9. The monoisotopic (exact) mass is 1150 g/mol. The second-order valence-corrected chi connectivity index (χ2v) is 19.3. The molecule has 0 unspecified atom stereocenters. The molecule has 0 bridgehead atoms. The second-order valence-electron chi connectivity index (χ2n) is 17.3. The van der Waals surface area contributed by atoms with E-state index in [-0.39, 0.29) is 49.2 Å². The molecular formula is C67H50BrCl3MgN6. The van der Waals surface area contributed by atoms with Gasteiger partial charge in [0.2, 0.25) is 15.9 Å². The Kier molecular flexibility index (Phi) is 20.0. The first kappa shape index (κ1) is 56.5. The summed E-state index contributed by atoms with van der Waals surface area (Å²) in [6.07, 6.45) is 0. The predicted octanol–water partition coefficient (Wildman–Crippen LogP) is 19.6. The van der Waals surface area contributed by atoms with Crippen LogP contribution in [0.25, 0.3) is 101 Å². The molecule has 12 rings (SSSR count). The predicted molar refractivity (Wildman–Crippen MR) is 332 cm³/mol. The molecule has 0 atom stereocenters. The van der Waals surface area contributed by atoms with Gasteiger partial charge in [0.15, 0.2) is 17.5 Å². The summed E-state index contributed by atoms with van der Waals surface area (Å²) in [6, 6.07) is 91.0. The van der Waals surface area contributed by atoms with Crippen molar-refractivity contribution in [3.8, 4) is 101 Å². The Bertz CT molecular complexity index is 3890. The average molecular weight is 1150 g/mol. The third-order valence-corrected chi connectivity index (χ3v) is 13.2. The summed E-state index contributed by atoms with van der Waals surface area (Å²) in [5.74, 6) is 1.55. The molecule has 0 aliphatic rings. The van der Waals surface area contributed by atoms with E-state index in [1.54, 1.807) is 0 Å². The quantitative estimate of drug-likeness (QED) is 0.134. The maximum absolute atomic E-state index is 6.39. The first-order valence-electron chi connectivity index (χ1n) is 24.3. The standard InChI is InChI=1S/C33H22ClN3.C18H13Br.C15H9Cl2N3.CH4.Mg.2H/c34-33-36-31(29-18-8-15-26(21-29)24-12-5-2-6-13-24)35-32(37-33)30-19-9-17-28(22-30)27-16-7-14-25(20-27)23-10-3-1-4-11-23;19-18-11-5-10-17(13-18)16-9-4-8-15(12-16)14-6-2-1-3-7-14;16-14-18-13(19-15(17)20-14)12-8-4-7-11(9-12)10-5-2-1-3-6-10;;;;/h1-22H;1-13H;1-9H;1H4;;;/q;;;;+2;2*-1. The van der Waals surface area contributed by atoms with E-state index in [4.69, 9.17) is 39.8 Å². The molecule has 0 aliphatic heterocycles. The first-order valence-corrected chi connectivity index (χ1v) is 26.2. The van der Waals surface area contributed by atoms with E-state index in [1.165, 1.54) is 33.4 Å². The van der Waals surface area contributed by atoms with Gasteiger partial charge in [-0.25, -0.2) is 4.98 Å². The molecule has 0 fully saturated rings. The summed E-state index contributed by atoms with van der Waals surface area (Å²) in [6.45, 7) is 0. The van der Waals surface area contributed by atoms with Crippen LogP contribution in [0.4, 0.5) is 0 Å². The third-order valence-electron chi connectivity index (χ3n) is 12.2. The van der Waals surface area contributed by atoms with Gasteiger partial charge in [0.25, 0.3) is 0 Å². The van der Waals surface area contributed by atoms with Gasteiger partial charge >= 0.3 is 23.1 Å². The maximum Gasteiger partial charge on any atom is 2.00 e. The molecule has 10 aromatic carbocycles. The summed E-state index contributed by atoms with van der Waals surface area (Å²) < 4.78 is 1.11. The molecular weight excluding hydrogens is 1100 g/mol. The molecule has 0 radical (unpaired) electrons. The zero-order valence-electron chi connectivity index (χ0n) is 43.3. The van der Waals surface area contributed by atoms with Crippen molar-refractivity contribution in [2.75, 3.05) is 0 Å². The fourth-order valence-corrected chi connectivity index (χ4v) is 9.45. The van der Waals surface area contributed by atoms with Crippen LogP contribution in [0, 0.1) is 0 Å². The van der Waals surface area contributed by atoms with Crippen LogP contribution in [0.2, 0.25) is 15.9 Å². The smallest absolute Gasteiger partial charge is 1.00 e. The normalized spacial score (nSPS) is 10.4. The fraction of sp³-hybridized carbons (Fsp3) is 0.0149. The molecule has 0 spiro atoms. The minimum atomic E-state index is 0. The van der Waals surface area contributed by atoms with Gasteiger partial charge in [-0.2, -0.15) is 24.9 Å². The van der Waals surface area contributed by atoms with Crippen LogP contribution in [0.1, 0.15) is 10.3 Å². The molecule has 0 saturated heterocycles. The summed E-state index contributed by atoms with van der Waals surface area (Å²) in [4.78, 5) is 25.6. The van der Waals surface area contributed by atoms with Gasteiger partial charge in [-0.3, -0.25) is 0 Å². The Morgan fingerprint density at radius 3 is 0.731 bits per heavy atom. The largest absolute Gasteiger partial charge is 2.00 e. The Morgan fingerprint density at radius 2 is 0.436 bits per heavy atom. The number of halogens is 4. The Balaban J connectivity index is 0.000000205. The molecule has 0 amide bonds. The number of nitrogens with zero attached hydrogens (tertiary/aromatic N) is 6. The van der Waals surface area contributed by atoms with Gasteiger partial charge in [-0.1, -0.05) is 248 Å². The van der Waals surface area contributed by atoms with Crippen LogP contribution in [-0.4, -0.2) is 53.0 Å². The van der Waals surface area contributed by atoms with Crippen LogP contribution in [0.15, 0.2) is 271 Å². The molecule has 78 heavy (non-hydrogen) atoms. The molecule has 11 heteroatoms. The molecule has 0 aliphatic carbocycles. The Labute approximate surface area is 498 Å². The summed E-state index contributed by atoms with van der Waals surface area (Å²) in [5, 5.41) is 0.344. The molecule has 0 N–H and O–H groups in total. The maximum atomic E-state index is 6.39. The van der Waals surface area contributed by atoms with Crippen molar-refractivity contribution < 1.29 is 2.85 Å². The van der Waals surface area contributed by atoms with E-state index in [1.807, 2.05) is 115 Å². The van der Waals surface area contributed by atoms with Gasteiger partial charge in [0, 0.05) is 21.2 Å². The van der Waals surface area contributed by atoms with Gasteiger partial charge in [-0.15, -0.1) is 0 Å². The molecule has 6 nitrogen and oxygen atoms in total. The van der Waals surface area contributed by atoms with Crippen molar-refractivity contribution in [1.82, 2.24) is 29.9 Å². The van der Waals surface area contributed by atoms with Crippen molar-refractivity contribution in [3.05, 3.63) is 287 Å². The van der Waals surface area contributed by atoms with Crippen LogP contribution in [0.5, 0.6) is 0 Å². The fourth-order valence-electron chi connectivity index (χ4n) is 8.52. The van der Waals surface area contributed by atoms with Crippen molar-refractivity contribution >= 4 is 73.8 Å². The van der Waals surface area contributed by atoms with E-state index in [0.29, 0.717) is 17.5 Å². The second kappa shape index (κ2) is 27.6. The van der Waals surface area contributed by atoms with Crippen LogP contribution < -0.4 is 0 Å². The first-order chi connectivity index (χ1) is 37.3. The van der Waals surface area contributed by atoms with E-state index in [2.05, 4.69) is 193 Å². The van der Waals surface area contributed by atoms with Crippen molar-refractivity contribution in [3.63, 3.8) is 0 Å². The molecule has 378 valence electrons. The van der Waals surface area contributed by atoms with Crippen molar-refractivity contribution in [2.24, 2.45) is 0 Å². The van der Waals surface area contributed by atoms with Gasteiger partial charge < -0.3 is 2.85 Å². The van der Waals surface area contributed by atoms with Crippen LogP contribution in [0.3, 0.4) is 0 Å². The van der Waals surface area contributed by atoms with Crippen molar-refractivity contribution in [2.45, 2.75) is 7.43 Å². The zero-order valence-corrected chi connectivity index (χ0v) is 46.6. The topological polar surface area (TPSA) is 77.3 Å². The number of benzene rings is 10. The minimum absolute atomic E-state index is 0. The number of aromatic nitrogens is 6. The molecule has 2 heterocycles. The van der Waals surface area contributed by atoms with Crippen molar-refractivity contribution in [1.29, 1.82) is 0 Å². The van der Waals surface area contributed by atoms with E-state index < -0.39 is 0 Å². The number of hydrogen-bond donors (Lipinski definition) is 0. The van der Waals surface area contributed by atoms with Gasteiger partial charge in [0.05, 0.1) is 0 Å². The Morgan fingerprint density at radius 1 is 0.231 bits per heavy atom.